The van der Waals surface area contributed by atoms with Gasteiger partial charge in [0.15, 0.2) is 11.4 Å². The first-order valence-electron chi connectivity index (χ1n) is 8.43. The van der Waals surface area contributed by atoms with E-state index in [0.29, 0.717) is 29.1 Å². The highest BCUT2D eigenvalue weighted by Gasteiger charge is 2.50. The van der Waals surface area contributed by atoms with Crippen molar-refractivity contribution >= 4 is 33.3 Å². The summed E-state index contributed by atoms with van der Waals surface area (Å²) in [5.74, 6) is -0.385. The van der Waals surface area contributed by atoms with Crippen molar-refractivity contribution in [3.63, 3.8) is 0 Å². The molecule has 0 aromatic heterocycles. The van der Waals surface area contributed by atoms with E-state index in [2.05, 4.69) is 15.9 Å². The molecule has 0 radical (unpaired) electrons. The van der Waals surface area contributed by atoms with Gasteiger partial charge in [-0.3, -0.25) is 9.59 Å². The lowest BCUT2D eigenvalue weighted by Crippen LogP contribution is -2.42. The summed E-state index contributed by atoms with van der Waals surface area (Å²) >= 11 is 3.38. The Bertz CT molecular complexity index is 867. The molecule has 2 aromatic rings. The summed E-state index contributed by atoms with van der Waals surface area (Å²) in [4.78, 5) is 27.4. The van der Waals surface area contributed by atoms with E-state index in [1.807, 2.05) is 13.0 Å². The van der Waals surface area contributed by atoms with Crippen molar-refractivity contribution in [3.8, 4) is 5.75 Å². The number of halogens is 1. The van der Waals surface area contributed by atoms with Gasteiger partial charge in [0, 0.05) is 16.6 Å². The third kappa shape index (κ3) is 3.04. The molecule has 0 bridgehead atoms. The Balaban J connectivity index is 2.02. The number of methoxy groups -OCH3 is 1. The zero-order valence-corrected chi connectivity index (χ0v) is 16.2. The molecule has 0 saturated heterocycles. The van der Waals surface area contributed by atoms with Gasteiger partial charge in [-0.15, -0.1) is 0 Å². The molecule has 1 atom stereocenters. The quantitative estimate of drug-likeness (QED) is 0.727. The van der Waals surface area contributed by atoms with Crippen LogP contribution < -0.4 is 9.64 Å². The standard InChI is InChI=1S/C20H20BrNO4/c1-3-10-22-16-9-8-13(21)11-15(16)20(25,19(22)24)12-17(23)14-6-4-5-7-18(14)26-2/h4-9,11,25H,3,10,12H2,1-2H3. The molecule has 0 saturated carbocycles. The third-order valence-corrected chi connectivity index (χ3v) is 5.06. The van der Waals surface area contributed by atoms with E-state index in [-0.39, 0.29) is 12.2 Å². The van der Waals surface area contributed by atoms with Crippen LogP contribution in [0.2, 0.25) is 0 Å². The van der Waals surface area contributed by atoms with Gasteiger partial charge in [0.25, 0.3) is 5.91 Å². The largest absolute Gasteiger partial charge is 0.496 e. The van der Waals surface area contributed by atoms with Crippen molar-refractivity contribution in [3.05, 3.63) is 58.1 Å². The highest BCUT2D eigenvalue weighted by atomic mass is 79.9. The number of Topliss-reactive ketones (excluding diaryl/α,β-unsaturated/α-hetero) is 1. The highest BCUT2D eigenvalue weighted by Crippen LogP contribution is 2.44. The fourth-order valence-corrected chi connectivity index (χ4v) is 3.70. The second kappa shape index (κ2) is 7.21. The highest BCUT2D eigenvalue weighted by molar-refractivity contribution is 9.10. The second-order valence-electron chi connectivity index (χ2n) is 6.28. The molecule has 26 heavy (non-hydrogen) atoms. The zero-order valence-electron chi connectivity index (χ0n) is 14.7. The Kier molecular flexibility index (Phi) is 5.16. The van der Waals surface area contributed by atoms with Gasteiger partial charge in [-0.1, -0.05) is 35.0 Å². The summed E-state index contributed by atoms with van der Waals surface area (Å²) in [5, 5.41) is 11.3. The zero-order chi connectivity index (χ0) is 18.9. The molecule has 1 aliphatic heterocycles. The number of hydrogen-bond acceptors (Lipinski definition) is 4. The molecule has 1 unspecified atom stereocenters. The van der Waals surface area contributed by atoms with Crippen LogP contribution in [0.4, 0.5) is 5.69 Å². The van der Waals surface area contributed by atoms with Gasteiger partial charge in [-0.05, 0) is 36.8 Å². The van der Waals surface area contributed by atoms with Crippen LogP contribution in [0.15, 0.2) is 46.9 Å². The fraction of sp³-hybridized carbons (Fsp3) is 0.300. The number of benzene rings is 2. The summed E-state index contributed by atoms with van der Waals surface area (Å²) in [6, 6.07) is 12.1. The molecule has 6 heteroatoms. The first-order chi connectivity index (χ1) is 12.4. The molecular weight excluding hydrogens is 398 g/mol. The smallest absolute Gasteiger partial charge is 0.264 e. The molecule has 0 fully saturated rings. The van der Waals surface area contributed by atoms with E-state index in [9.17, 15) is 14.7 Å². The van der Waals surface area contributed by atoms with Gasteiger partial charge in [-0.25, -0.2) is 0 Å². The second-order valence-corrected chi connectivity index (χ2v) is 7.19. The number of ketones is 1. The average molecular weight is 418 g/mol. The lowest BCUT2D eigenvalue weighted by atomic mass is 9.88. The first-order valence-corrected chi connectivity index (χ1v) is 9.22. The molecular formula is C20H20BrNO4. The number of hydrogen-bond donors (Lipinski definition) is 1. The molecule has 0 aliphatic carbocycles. The number of anilines is 1. The van der Waals surface area contributed by atoms with Crippen molar-refractivity contribution < 1.29 is 19.4 Å². The number of nitrogens with zero attached hydrogens (tertiary/aromatic N) is 1. The monoisotopic (exact) mass is 417 g/mol. The number of fused-ring (bicyclic) bond motifs is 1. The number of para-hydroxylation sites is 1. The van der Waals surface area contributed by atoms with Crippen molar-refractivity contribution in [2.45, 2.75) is 25.4 Å². The Morgan fingerprint density at radius 2 is 2.00 bits per heavy atom. The van der Waals surface area contributed by atoms with Crippen molar-refractivity contribution in [2.75, 3.05) is 18.6 Å². The molecule has 1 N–H and O–H groups in total. The summed E-state index contributed by atoms with van der Waals surface area (Å²) in [6.07, 6.45) is 0.410. The minimum absolute atomic E-state index is 0.337. The van der Waals surface area contributed by atoms with Gasteiger partial charge < -0.3 is 14.7 Å². The Morgan fingerprint density at radius 1 is 1.27 bits per heavy atom. The summed E-state index contributed by atoms with van der Waals surface area (Å²) in [5.41, 5.74) is -0.433. The van der Waals surface area contributed by atoms with Crippen LogP contribution in [-0.2, 0) is 10.4 Å². The van der Waals surface area contributed by atoms with Crippen LogP contribution in [0.5, 0.6) is 5.75 Å². The normalized spacial score (nSPS) is 18.8. The maximum absolute atomic E-state index is 13.0. The minimum atomic E-state index is -1.88. The summed E-state index contributed by atoms with van der Waals surface area (Å²) < 4.78 is 5.97. The number of carbonyl (C=O) groups excluding carboxylic acids is 2. The lowest BCUT2D eigenvalue weighted by molar-refractivity contribution is -0.135. The van der Waals surface area contributed by atoms with Crippen LogP contribution in [0.1, 0.15) is 35.7 Å². The summed E-state index contributed by atoms with van der Waals surface area (Å²) in [6.45, 7) is 2.45. The van der Waals surface area contributed by atoms with Crippen LogP contribution in [0.25, 0.3) is 0 Å². The van der Waals surface area contributed by atoms with Gasteiger partial charge in [-0.2, -0.15) is 0 Å². The lowest BCUT2D eigenvalue weighted by Gasteiger charge is -2.23. The molecule has 0 spiro atoms. The molecule has 3 rings (SSSR count). The van der Waals surface area contributed by atoms with E-state index in [1.165, 1.54) is 7.11 Å². The topological polar surface area (TPSA) is 66.8 Å². The molecule has 136 valence electrons. The number of aliphatic hydroxyl groups is 1. The first kappa shape index (κ1) is 18.6. The van der Waals surface area contributed by atoms with E-state index < -0.39 is 11.5 Å². The van der Waals surface area contributed by atoms with E-state index in [0.717, 1.165) is 10.9 Å². The van der Waals surface area contributed by atoms with Gasteiger partial charge >= 0.3 is 0 Å². The van der Waals surface area contributed by atoms with Gasteiger partial charge in [0.1, 0.15) is 5.75 Å². The number of ether oxygens (including phenoxy) is 1. The predicted molar refractivity (Wildman–Crippen MR) is 103 cm³/mol. The van der Waals surface area contributed by atoms with Crippen LogP contribution in [0.3, 0.4) is 0 Å². The third-order valence-electron chi connectivity index (χ3n) is 4.56. The Labute approximate surface area is 160 Å². The van der Waals surface area contributed by atoms with Crippen LogP contribution in [0, 0.1) is 0 Å². The molecule has 5 nitrogen and oxygen atoms in total. The van der Waals surface area contributed by atoms with E-state index in [1.54, 1.807) is 41.3 Å². The Morgan fingerprint density at radius 3 is 2.69 bits per heavy atom. The number of amides is 1. The van der Waals surface area contributed by atoms with Gasteiger partial charge in [0.05, 0.1) is 24.8 Å². The molecule has 1 heterocycles. The minimum Gasteiger partial charge on any atom is -0.496 e. The SMILES string of the molecule is CCCN1C(=O)C(O)(CC(=O)c2ccccc2OC)c2cc(Br)ccc21. The Hall–Kier alpha value is -2.18. The van der Waals surface area contributed by atoms with Crippen LogP contribution in [-0.4, -0.2) is 30.5 Å². The molecule has 1 aliphatic rings. The van der Waals surface area contributed by atoms with Gasteiger partial charge in [0.2, 0.25) is 0 Å². The van der Waals surface area contributed by atoms with Crippen LogP contribution >= 0.6 is 15.9 Å². The number of rotatable bonds is 6. The van der Waals surface area contributed by atoms with E-state index >= 15 is 0 Å². The summed E-state index contributed by atoms with van der Waals surface area (Å²) in [7, 11) is 1.48. The van der Waals surface area contributed by atoms with E-state index in [4.69, 9.17) is 4.74 Å². The molecule has 1 amide bonds. The fourth-order valence-electron chi connectivity index (χ4n) is 3.34. The average Bonchev–Trinajstić information content (AvgIpc) is 2.83. The maximum atomic E-state index is 13.0. The predicted octanol–water partition coefficient (Wildman–Crippen LogP) is 3.67. The molecule has 2 aromatic carbocycles. The van der Waals surface area contributed by atoms with Crippen molar-refractivity contribution in [2.24, 2.45) is 0 Å². The maximum Gasteiger partial charge on any atom is 0.264 e. The number of carbonyl (C=O) groups is 2. The van der Waals surface area contributed by atoms with Crippen molar-refractivity contribution in [1.82, 2.24) is 0 Å². The van der Waals surface area contributed by atoms with Crippen molar-refractivity contribution in [1.29, 1.82) is 0 Å².